The van der Waals surface area contributed by atoms with E-state index in [2.05, 4.69) is 109 Å². The molecule has 1 aromatic heterocycles. The molecule has 2 aromatic carbocycles. The van der Waals surface area contributed by atoms with Crippen molar-refractivity contribution in [1.82, 2.24) is 4.98 Å². The molecule has 0 radical (unpaired) electrons. The molecule has 6 rings (SSSR count). The van der Waals surface area contributed by atoms with E-state index in [0.717, 1.165) is 5.69 Å². The number of hydrogen-bond donors (Lipinski definition) is 1. The first-order chi connectivity index (χ1) is 16.6. The van der Waals surface area contributed by atoms with Gasteiger partial charge in [-0.15, -0.1) is 0 Å². The van der Waals surface area contributed by atoms with Crippen LogP contribution in [0.1, 0.15) is 25.5 Å². The Hall–Kier alpha value is -3.11. The molecule has 0 bridgehead atoms. The van der Waals surface area contributed by atoms with Crippen LogP contribution in [0, 0.1) is 17.8 Å². The van der Waals surface area contributed by atoms with Crippen molar-refractivity contribution >= 4 is 36.6 Å². The lowest BCUT2D eigenvalue weighted by Crippen LogP contribution is -2.53. The zero-order chi connectivity index (χ0) is 23.3. The van der Waals surface area contributed by atoms with E-state index < -0.39 is 8.24 Å². The van der Waals surface area contributed by atoms with Gasteiger partial charge in [0.05, 0.1) is 28.4 Å². The van der Waals surface area contributed by atoms with Crippen molar-refractivity contribution in [3.8, 4) is 0 Å². The highest BCUT2D eigenvalue weighted by Gasteiger charge is 2.54. The molecule has 2 heterocycles. The minimum Gasteiger partial charge on any atom is -0.366 e. The molecule has 0 spiro atoms. The molecule has 2 aliphatic carbocycles. The zero-order valence-corrected chi connectivity index (χ0v) is 21.3. The highest BCUT2D eigenvalue weighted by Crippen LogP contribution is 2.60. The maximum Gasteiger partial charge on any atom is 0.160 e. The van der Waals surface area contributed by atoms with Gasteiger partial charge < -0.3 is 9.88 Å². The largest absolute Gasteiger partial charge is 0.366 e. The number of fused-ring (bicyclic) bond motifs is 3. The molecular weight excluding hydrogens is 430 g/mol. The van der Waals surface area contributed by atoms with Crippen LogP contribution in [0.3, 0.4) is 0 Å². The van der Waals surface area contributed by atoms with E-state index in [1.807, 2.05) is 12.3 Å². The quantitative estimate of drug-likeness (QED) is 0.396. The highest BCUT2D eigenvalue weighted by atomic mass is 28.3. The standard InChI is InChI=1S/C30H33N3Si/c1-4-21-20-24-22(25-14-9-10-19-31-25)12-11-13-23(24)30(21)34(2,3)33-28-17-7-5-15-26(28)32-27-16-6-8-18-29(27)33/h5-19,21,23-24,30,32H,4,20H2,1-3H3/t21-,23+,24-,30?/m1/s1. The first-order valence-corrected chi connectivity index (χ1v) is 15.7. The Morgan fingerprint density at radius 1 is 0.941 bits per heavy atom. The van der Waals surface area contributed by atoms with Gasteiger partial charge in [-0.05, 0) is 71.7 Å². The Morgan fingerprint density at radius 2 is 1.62 bits per heavy atom. The van der Waals surface area contributed by atoms with Gasteiger partial charge in [0.15, 0.2) is 8.24 Å². The molecule has 0 amide bonds. The van der Waals surface area contributed by atoms with Crippen molar-refractivity contribution < 1.29 is 0 Å². The van der Waals surface area contributed by atoms with Gasteiger partial charge in [-0.25, -0.2) is 0 Å². The smallest absolute Gasteiger partial charge is 0.160 e. The number of aromatic nitrogens is 1. The molecular formula is C30H33N3Si. The third-order valence-electron chi connectivity index (χ3n) is 8.39. The van der Waals surface area contributed by atoms with Gasteiger partial charge in [0.1, 0.15) is 0 Å². The fraction of sp³-hybridized carbons (Fsp3) is 0.300. The highest BCUT2D eigenvalue weighted by molar-refractivity contribution is 6.84. The third-order valence-corrected chi connectivity index (χ3v) is 12.5. The van der Waals surface area contributed by atoms with Gasteiger partial charge >= 0.3 is 0 Å². The van der Waals surface area contributed by atoms with Crippen LogP contribution in [-0.2, 0) is 0 Å². The van der Waals surface area contributed by atoms with E-state index in [4.69, 9.17) is 4.98 Å². The Labute approximate surface area is 204 Å². The van der Waals surface area contributed by atoms with Crippen LogP contribution < -0.4 is 9.88 Å². The molecule has 3 aromatic rings. The maximum absolute atomic E-state index is 4.74. The Balaban J connectivity index is 1.45. The van der Waals surface area contributed by atoms with Crippen LogP contribution in [0.5, 0.6) is 0 Å². The molecule has 1 aliphatic heterocycles. The average molecular weight is 464 g/mol. The summed E-state index contributed by atoms with van der Waals surface area (Å²) in [4.78, 5) is 4.74. The summed E-state index contributed by atoms with van der Waals surface area (Å²) in [6.07, 6.45) is 11.6. The van der Waals surface area contributed by atoms with Gasteiger partial charge in [0.2, 0.25) is 0 Å². The maximum atomic E-state index is 4.74. The second-order valence-corrected chi connectivity index (χ2v) is 14.9. The van der Waals surface area contributed by atoms with E-state index in [1.54, 1.807) is 0 Å². The van der Waals surface area contributed by atoms with Crippen LogP contribution in [0.25, 0.3) is 5.57 Å². The second-order valence-electron chi connectivity index (χ2n) is 10.5. The third kappa shape index (κ3) is 3.27. The molecule has 4 heteroatoms. The summed E-state index contributed by atoms with van der Waals surface area (Å²) in [5.74, 6) is 1.82. The first-order valence-electron chi connectivity index (χ1n) is 12.6. The number of anilines is 4. The predicted molar refractivity (Wildman–Crippen MR) is 146 cm³/mol. The molecule has 4 atom stereocenters. The summed E-state index contributed by atoms with van der Waals surface area (Å²) < 4.78 is 2.76. The average Bonchev–Trinajstić information content (AvgIpc) is 3.27. The van der Waals surface area contributed by atoms with Crippen LogP contribution >= 0.6 is 0 Å². The summed E-state index contributed by atoms with van der Waals surface area (Å²) >= 11 is 0. The number of nitrogens with zero attached hydrogens (tertiary/aromatic N) is 2. The molecule has 1 unspecified atom stereocenters. The van der Waals surface area contributed by atoms with Crippen LogP contribution in [0.4, 0.5) is 22.7 Å². The number of pyridine rings is 1. The monoisotopic (exact) mass is 463 g/mol. The van der Waals surface area contributed by atoms with E-state index in [9.17, 15) is 0 Å². The molecule has 1 N–H and O–H groups in total. The fourth-order valence-corrected chi connectivity index (χ4v) is 11.8. The van der Waals surface area contributed by atoms with Crippen LogP contribution in [0.15, 0.2) is 91.2 Å². The molecule has 0 saturated heterocycles. The lowest BCUT2D eigenvalue weighted by molar-refractivity contribution is 0.499. The molecule has 34 heavy (non-hydrogen) atoms. The zero-order valence-electron chi connectivity index (χ0n) is 20.3. The van der Waals surface area contributed by atoms with E-state index in [-0.39, 0.29) is 0 Å². The Morgan fingerprint density at radius 3 is 2.26 bits per heavy atom. The van der Waals surface area contributed by atoms with Gasteiger partial charge in [0, 0.05) is 6.20 Å². The summed E-state index contributed by atoms with van der Waals surface area (Å²) in [7, 11) is -2.00. The lowest BCUT2D eigenvalue weighted by atomic mass is 9.83. The van der Waals surface area contributed by atoms with Crippen molar-refractivity contribution in [2.24, 2.45) is 17.8 Å². The molecule has 1 fully saturated rings. The summed E-state index contributed by atoms with van der Waals surface area (Å²) in [5.41, 5.74) is 8.34. The van der Waals surface area contributed by atoms with Gasteiger partial charge in [-0.1, -0.05) is 75.0 Å². The van der Waals surface area contributed by atoms with E-state index in [0.29, 0.717) is 23.3 Å². The van der Waals surface area contributed by atoms with Crippen molar-refractivity contribution in [2.45, 2.75) is 38.4 Å². The topological polar surface area (TPSA) is 28.2 Å². The number of allylic oxidation sites excluding steroid dienone is 4. The molecule has 3 nitrogen and oxygen atoms in total. The number of rotatable bonds is 4. The van der Waals surface area contributed by atoms with Gasteiger partial charge in [0.25, 0.3) is 0 Å². The summed E-state index contributed by atoms with van der Waals surface area (Å²) in [5, 5.41) is 3.69. The van der Waals surface area contributed by atoms with Crippen molar-refractivity contribution in [2.75, 3.05) is 9.88 Å². The summed E-state index contributed by atoms with van der Waals surface area (Å²) in [6.45, 7) is 7.61. The predicted octanol–water partition coefficient (Wildman–Crippen LogP) is 8.17. The number of nitrogens with one attached hydrogen (secondary N) is 1. The lowest BCUT2D eigenvalue weighted by Gasteiger charge is -2.49. The molecule has 3 aliphatic rings. The molecule has 172 valence electrons. The first kappa shape index (κ1) is 21.4. The van der Waals surface area contributed by atoms with Crippen LogP contribution in [-0.4, -0.2) is 13.2 Å². The Bertz CT molecular complexity index is 1220. The number of para-hydroxylation sites is 4. The van der Waals surface area contributed by atoms with Crippen LogP contribution in [0.2, 0.25) is 18.6 Å². The van der Waals surface area contributed by atoms with Crippen molar-refractivity contribution in [3.05, 3.63) is 96.8 Å². The van der Waals surface area contributed by atoms with E-state index in [1.165, 1.54) is 41.2 Å². The number of benzene rings is 2. The second kappa shape index (κ2) is 8.28. The minimum atomic E-state index is -2.00. The van der Waals surface area contributed by atoms with Crippen molar-refractivity contribution in [3.63, 3.8) is 0 Å². The fourth-order valence-electron chi connectivity index (χ4n) is 7.06. The number of hydrogen-bond acceptors (Lipinski definition) is 3. The SMILES string of the molecule is CC[C@@H]1C[C@@H]2C(c3ccccn3)=CC=C[C@@H]2C1[Si](C)(C)N1c2ccccc2Nc2ccccc21. The minimum absolute atomic E-state index is 0.551. The Kier molecular flexibility index (Phi) is 5.22. The van der Waals surface area contributed by atoms with E-state index >= 15 is 0 Å². The normalized spacial score (nSPS) is 25.1. The van der Waals surface area contributed by atoms with Gasteiger partial charge in [-0.2, -0.15) is 0 Å². The van der Waals surface area contributed by atoms with Gasteiger partial charge in [-0.3, -0.25) is 4.98 Å². The molecule has 1 saturated carbocycles. The van der Waals surface area contributed by atoms with Crippen molar-refractivity contribution in [1.29, 1.82) is 0 Å². The summed E-state index contributed by atoms with van der Waals surface area (Å²) in [6, 6.07) is 24.0.